The SMILES string of the molecule is CCN(C(=O)c1cc(OC)c(OC)c(OC)c1[N+](=O)[O-])[C@@H](C)COC. The number of nitro benzene ring substituents is 1. The van der Waals surface area contributed by atoms with Gasteiger partial charge in [0.2, 0.25) is 11.5 Å². The molecule has 0 spiro atoms. The number of nitro groups is 1. The van der Waals surface area contributed by atoms with Gasteiger partial charge in [-0.1, -0.05) is 0 Å². The number of nitrogens with zero attached hydrogens (tertiary/aromatic N) is 2. The number of carbonyl (C=O) groups excluding carboxylic acids is 1. The molecule has 140 valence electrons. The van der Waals surface area contributed by atoms with Gasteiger partial charge in [0.15, 0.2) is 5.75 Å². The van der Waals surface area contributed by atoms with Crippen molar-refractivity contribution >= 4 is 11.6 Å². The molecule has 0 saturated heterocycles. The van der Waals surface area contributed by atoms with Crippen molar-refractivity contribution < 1.29 is 28.7 Å². The van der Waals surface area contributed by atoms with Crippen LogP contribution in [0.25, 0.3) is 0 Å². The highest BCUT2D eigenvalue weighted by atomic mass is 16.6. The van der Waals surface area contributed by atoms with E-state index in [1.165, 1.54) is 39.4 Å². The number of carbonyl (C=O) groups is 1. The third-order valence-corrected chi connectivity index (χ3v) is 3.76. The van der Waals surface area contributed by atoms with Gasteiger partial charge in [0.25, 0.3) is 5.91 Å². The Labute approximate surface area is 146 Å². The molecule has 0 heterocycles. The highest BCUT2D eigenvalue weighted by Gasteiger charge is 2.35. The molecule has 0 aliphatic carbocycles. The van der Waals surface area contributed by atoms with Gasteiger partial charge in [0.1, 0.15) is 5.56 Å². The zero-order valence-corrected chi connectivity index (χ0v) is 15.3. The summed E-state index contributed by atoms with van der Waals surface area (Å²) in [6.07, 6.45) is 0. The number of hydrogen-bond donors (Lipinski definition) is 0. The van der Waals surface area contributed by atoms with E-state index in [0.717, 1.165) is 0 Å². The fourth-order valence-electron chi connectivity index (χ4n) is 2.63. The molecule has 0 unspecified atom stereocenters. The quantitative estimate of drug-likeness (QED) is 0.493. The Morgan fingerprint density at radius 2 is 1.80 bits per heavy atom. The van der Waals surface area contributed by atoms with Crippen LogP contribution in [0.15, 0.2) is 6.07 Å². The van der Waals surface area contributed by atoms with E-state index in [2.05, 4.69) is 0 Å². The van der Waals surface area contributed by atoms with Crippen LogP contribution in [0.1, 0.15) is 24.2 Å². The maximum Gasteiger partial charge on any atom is 0.327 e. The predicted molar refractivity (Wildman–Crippen MR) is 90.8 cm³/mol. The largest absolute Gasteiger partial charge is 0.493 e. The molecule has 0 fully saturated rings. The maximum absolute atomic E-state index is 13.0. The molecule has 0 aliphatic rings. The second kappa shape index (κ2) is 9.07. The molecule has 1 atom stereocenters. The minimum Gasteiger partial charge on any atom is -0.493 e. The lowest BCUT2D eigenvalue weighted by Crippen LogP contribution is -2.41. The van der Waals surface area contributed by atoms with Gasteiger partial charge in [-0.05, 0) is 13.8 Å². The lowest BCUT2D eigenvalue weighted by atomic mass is 10.1. The van der Waals surface area contributed by atoms with Gasteiger partial charge in [-0.15, -0.1) is 0 Å². The van der Waals surface area contributed by atoms with Crippen molar-refractivity contribution in [3.05, 3.63) is 21.7 Å². The predicted octanol–water partition coefficient (Wildman–Crippen LogP) is 2.12. The van der Waals surface area contributed by atoms with Crippen molar-refractivity contribution in [2.45, 2.75) is 19.9 Å². The summed E-state index contributed by atoms with van der Waals surface area (Å²) >= 11 is 0. The van der Waals surface area contributed by atoms with Crippen molar-refractivity contribution in [1.82, 2.24) is 4.90 Å². The molecule has 0 saturated carbocycles. The molecular formula is C16H24N2O7. The van der Waals surface area contributed by atoms with Gasteiger partial charge in [0.05, 0.1) is 38.9 Å². The summed E-state index contributed by atoms with van der Waals surface area (Å²) in [5, 5.41) is 11.6. The lowest BCUT2D eigenvalue weighted by molar-refractivity contribution is -0.386. The van der Waals surface area contributed by atoms with E-state index in [0.29, 0.717) is 13.2 Å². The van der Waals surface area contributed by atoms with Crippen molar-refractivity contribution in [1.29, 1.82) is 0 Å². The Bertz CT molecular complexity index is 633. The van der Waals surface area contributed by atoms with Crippen molar-refractivity contribution in [3.63, 3.8) is 0 Å². The molecule has 1 rings (SSSR count). The van der Waals surface area contributed by atoms with Crippen LogP contribution in [0, 0.1) is 10.1 Å². The first-order valence-electron chi connectivity index (χ1n) is 7.65. The Hall–Kier alpha value is -2.55. The fourth-order valence-corrected chi connectivity index (χ4v) is 2.63. The van der Waals surface area contributed by atoms with Crippen LogP contribution in [0.5, 0.6) is 17.2 Å². The minimum atomic E-state index is -0.664. The fraction of sp³-hybridized carbons (Fsp3) is 0.562. The van der Waals surface area contributed by atoms with Gasteiger partial charge >= 0.3 is 5.69 Å². The van der Waals surface area contributed by atoms with Crippen LogP contribution in [0.2, 0.25) is 0 Å². The number of hydrogen-bond acceptors (Lipinski definition) is 7. The van der Waals surface area contributed by atoms with Crippen LogP contribution in [0.3, 0.4) is 0 Å². The normalized spacial score (nSPS) is 11.6. The molecule has 1 aromatic carbocycles. The molecule has 0 radical (unpaired) electrons. The van der Waals surface area contributed by atoms with Crippen LogP contribution in [0.4, 0.5) is 5.69 Å². The van der Waals surface area contributed by atoms with Crippen molar-refractivity contribution in [3.8, 4) is 17.2 Å². The summed E-state index contributed by atoms with van der Waals surface area (Å²) in [6, 6.07) is 1.03. The van der Waals surface area contributed by atoms with E-state index >= 15 is 0 Å². The molecule has 1 aromatic rings. The van der Waals surface area contributed by atoms with E-state index in [1.54, 1.807) is 13.8 Å². The second-order valence-electron chi connectivity index (χ2n) is 5.19. The van der Waals surface area contributed by atoms with E-state index in [4.69, 9.17) is 18.9 Å². The Morgan fingerprint density at radius 3 is 2.20 bits per heavy atom. The number of methoxy groups -OCH3 is 4. The zero-order valence-electron chi connectivity index (χ0n) is 15.3. The minimum absolute atomic E-state index is 0.0567. The first kappa shape index (κ1) is 20.5. The number of benzene rings is 1. The summed E-state index contributed by atoms with van der Waals surface area (Å²) < 4.78 is 20.6. The molecule has 9 heteroatoms. The van der Waals surface area contributed by atoms with Gasteiger partial charge < -0.3 is 23.8 Å². The van der Waals surface area contributed by atoms with Gasteiger partial charge in [-0.3, -0.25) is 14.9 Å². The topological polar surface area (TPSA) is 100 Å². The van der Waals surface area contributed by atoms with E-state index in [9.17, 15) is 14.9 Å². The third kappa shape index (κ3) is 4.11. The molecular weight excluding hydrogens is 332 g/mol. The van der Waals surface area contributed by atoms with Crippen molar-refractivity contribution in [2.75, 3.05) is 41.6 Å². The number of ether oxygens (including phenoxy) is 4. The average Bonchev–Trinajstić information content (AvgIpc) is 2.59. The molecule has 0 N–H and O–H groups in total. The summed E-state index contributed by atoms with van der Waals surface area (Å²) in [5.74, 6) is -0.450. The van der Waals surface area contributed by atoms with E-state index in [-0.39, 0.29) is 28.9 Å². The molecule has 25 heavy (non-hydrogen) atoms. The maximum atomic E-state index is 13.0. The molecule has 0 aromatic heterocycles. The first-order chi connectivity index (χ1) is 11.9. The molecule has 9 nitrogen and oxygen atoms in total. The van der Waals surface area contributed by atoms with E-state index < -0.39 is 16.5 Å². The highest BCUT2D eigenvalue weighted by Crippen LogP contribution is 2.46. The molecule has 1 amide bonds. The van der Waals surface area contributed by atoms with Crippen LogP contribution >= 0.6 is 0 Å². The second-order valence-corrected chi connectivity index (χ2v) is 5.19. The number of rotatable bonds is 9. The standard InChI is InChI=1S/C16H24N2O7/c1-7-17(10(2)9-22-3)16(19)11-8-12(23-4)14(24-5)15(25-6)13(11)18(20)21/h8,10H,7,9H2,1-6H3/t10-/m0/s1. The zero-order chi connectivity index (χ0) is 19.1. The summed E-state index contributed by atoms with van der Waals surface area (Å²) in [5.41, 5.74) is -0.600. The van der Waals surface area contributed by atoms with Gasteiger partial charge in [-0.2, -0.15) is 0 Å². The highest BCUT2D eigenvalue weighted by molar-refractivity contribution is 6.00. The summed E-state index contributed by atoms with van der Waals surface area (Å²) in [6.45, 7) is 4.25. The van der Waals surface area contributed by atoms with Crippen LogP contribution < -0.4 is 14.2 Å². The molecule has 0 bridgehead atoms. The first-order valence-corrected chi connectivity index (χ1v) is 7.65. The summed E-state index contributed by atoms with van der Waals surface area (Å²) in [7, 11) is 5.51. The Morgan fingerprint density at radius 1 is 1.20 bits per heavy atom. The monoisotopic (exact) mass is 356 g/mol. The van der Waals surface area contributed by atoms with E-state index in [1.807, 2.05) is 0 Å². The Balaban J connectivity index is 3.61. The van der Waals surface area contributed by atoms with Crippen molar-refractivity contribution in [2.24, 2.45) is 0 Å². The van der Waals surface area contributed by atoms with Gasteiger partial charge in [0, 0.05) is 19.7 Å². The lowest BCUT2D eigenvalue weighted by Gasteiger charge is -2.28. The van der Waals surface area contributed by atoms with Crippen LogP contribution in [-0.4, -0.2) is 63.4 Å². The number of amides is 1. The van der Waals surface area contributed by atoms with Crippen LogP contribution in [-0.2, 0) is 4.74 Å². The average molecular weight is 356 g/mol. The third-order valence-electron chi connectivity index (χ3n) is 3.76. The molecule has 0 aliphatic heterocycles. The number of likely N-dealkylation sites (N-methyl/N-ethyl adjacent to an activating group) is 1. The Kier molecular flexibility index (Phi) is 7.43. The summed E-state index contributed by atoms with van der Waals surface area (Å²) in [4.78, 5) is 25.4. The van der Waals surface area contributed by atoms with Gasteiger partial charge in [-0.25, -0.2) is 0 Å². The smallest absolute Gasteiger partial charge is 0.327 e.